The van der Waals surface area contributed by atoms with E-state index in [0.29, 0.717) is 5.56 Å². The van der Waals surface area contributed by atoms with E-state index in [0.717, 1.165) is 12.1 Å². The smallest absolute Gasteiger partial charge is 0.303 e. The molecule has 1 atom stereocenters. The molecular formula is C12H14O7S. The predicted molar refractivity (Wildman–Crippen MR) is 68.1 cm³/mol. The van der Waals surface area contributed by atoms with Crippen LogP contribution in [0.4, 0.5) is 0 Å². The standard InChI is InChI=1S/C12H14O7S/c13-11(14)6-3-9(7-12(15)16)8-1-4-10(5-2-8)20(17,18)19/h1-2,4-5,9H,3,6-7H2,(H,13,14)(H,15,16)(H,17,18,19). The summed E-state index contributed by atoms with van der Waals surface area (Å²) in [6, 6.07) is 5.05. The molecule has 0 aliphatic rings. The Labute approximate surface area is 115 Å². The summed E-state index contributed by atoms with van der Waals surface area (Å²) in [7, 11) is -4.30. The molecule has 0 aliphatic heterocycles. The van der Waals surface area contributed by atoms with Crippen molar-refractivity contribution in [1.29, 1.82) is 0 Å². The fourth-order valence-electron chi connectivity index (χ4n) is 1.81. The summed E-state index contributed by atoms with van der Waals surface area (Å²) >= 11 is 0. The van der Waals surface area contributed by atoms with Crippen LogP contribution in [0.3, 0.4) is 0 Å². The molecule has 0 amide bonds. The number of aliphatic carboxylic acids is 2. The van der Waals surface area contributed by atoms with Crippen molar-refractivity contribution in [2.24, 2.45) is 0 Å². The number of hydrogen-bond donors (Lipinski definition) is 3. The molecule has 0 spiro atoms. The van der Waals surface area contributed by atoms with Gasteiger partial charge in [-0.2, -0.15) is 8.42 Å². The first-order valence-corrected chi connectivity index (χ1v) is 7.15. The summed E-state index contributed by atoms with van der Waals surface area (Å²) < 4.78 is 30.6. The van der Waals surface area contributed by atoms with E-state index in [2.05, 4.69) is 0 Å². The van der Waals surface area contributed by atoms with Crippen molar-refractivity contribution in [3.05, 3.63) is 29.8 Å². The van der Waals surface area contributed by atoms with Crippen LogP contribution >= 0.6 is 0 Å². The van der Waals surface area contributed by atoms with Gasteiger partial charge in [-0.1, -0.05) is 12.1 Å². The topological polar surface area (TPSA) is 129 Å². The minimum Gasteiger partial charge on any atom is -0.481 e. The Morgan fingerprint density at radius 1 is 1.05 bits per heavy atom. The largest absolute Gasteiger partial charge is 0.481 e. The number of benzene rings is 1. The van der Waals surface area contributed by atoms with Crippen molar-refractivity contribution < 1.29 is 32.8 Å². The van der Waals surface area contributed by atoms with Gasteiger partial charge in [-0.3, -0.25) is 14.1 Å². The maximum Gasteiger partial charge on any atom is 0.303 e. The maximum atomic E-state index is 10.9. The van der Waals surface area contributed by atoms with Crippen molar-refractivity contribution in [2.75, 3.05) is 0 Å². The van der Waals surface area contributed by atoms with Crippen LogP contribution in [-0.2, 0) is 19.7 Å². The van der Waals surface area contributed by atoms with E-state index in [9.17, 15) is 18.0 Å². The quantitative estimate of drug-likeness (QED) is 0.648. The highest BCUT2D eigenvalue weighted by atomic mass is 32.2. The highest BCUT2D eigenvalue weighted by molar-refractivity contribution is 7.85. The normalized spacial score (nSPS) is 12.8. The lowest BCUT2D eigenvalue weighted by Gasteiger charge is -2.14. The summed E-state index contributed by atoms with van der Waals surface area (Å²) in [4.78, 5) is 21.0. The number of hydrogen-bond acceptors (Lipinski definition) is 4. The number of carboxylic acids is 2. The molecule has 0 radical (unpaired) electrons. The first kappa shape index (κ1) is 16.1. The number of carboxylic acid groups (broad SMARTS) is 2. The fourth-order valence-corrected chi connectivity index (χ4v) is 2.29. The third kappa shape index (κ3) is 4.98. The Hall–Kier alpha value is -1.93. The van der Waals surface area contributed by atoms with Gasteiger partial charge >= 0.3 is 11.9 Å². The van der Waals surface area contributed by atoms with Crippen LogP contribution in [0.2, 0.25) is 0 Å². The highest BCUT2D eigenvalue weighted by Crippen LogP contribution is 2.26. The average molecular weight is 302 g/mol. The summed E-state index contributed by atoms with van der Waals surface area (Å²) in [6.45, 7) is 0. The number of carbonyl (C=O) groups is 2. The lowest BCUT2D eigenvalue weighted by Crippen LogP contribution is -2.09. The van der Waals surface area contributed by atoms with Gasteiger partial charge in [0.05, 0.1) is 11.3 Å². The van der Waals surface area contributed by atoms with E-state index in [1.54, 1.807) is 0 Å². The summed E-state index contributed by atoms with van der Waals surface area (Å²) in [5.41, 5.74) is 0.515. The molecule has 3 N–H and O–H groups in total. The Bertz CT molecular complexity index is 589. The molecule has 20 heavy (non-hydrogen) atoms. The molecule has 7 nitrogen and oxygen atoms in total. The third-order valence-corrected chi connectivity index (χ3v) is 3.64. The molecule has 110 valence electrons. The molecular weight excluding hydrogens is 288 g/mol. The second-order valence-electron chi connectivity index (χ2n) is 4.27. The van der Waals surface area contributed by atoms with Crippen molar-refractivity contribution in [1.82, 2.24) is 0 Å². The zero-order valence-electron chi connectivity index (χ0n) is 10.4. The molecule has 1 aromatic rings. The van der Waals surface area contributed by atoms with Crippen molar-refractivity contribution in [3.8, 4) is 0 Å². The van der Waals surface area contributed by atoms with E-state index in [4.69, 9.17) is 14.8 Å². The summed E-state index contributed by atoms with van der Waals surface area (Å²) in [6.07, 6.45) is -0.302. The van der Waals surface area contributed by atoms with Gasteiger partial charge in [0.2, 0.25) is 0 Å². The first-order chi connectivity index (χ1) is 9.20. The Kier molecular flexibility index (Phi) is 5.23. The molecule has 0 bridgehead atoms. The average Bonchev–Trinajstić information content (AvgIpc) is 2.33. The monoisotopic (exact) mass is 302 g/mol. The van der Waals surface area contributed by atoms with Crippen molar-refractivity contribution in [3.63, 3.8) is 0 Å². The number of rotatable bonds is 7. The molecule has 0 fully saturated rings. The lowest BCUT2D eigenvalue weighted by atomic mass is 9.91. The first-order valence-electron chi connectivity index (χ1n) is 5.71. The van der Waals surface area contributed by atoms with Crippen LogP contribution in [0, 0.1) is 0 Å². The Morgan fingerprint density at radius 3 is 2.00 bits per heavy atom. The van der Waals surface area contributed by atoms with Gasteiger partial charge in [0.15, 0.2) is 0 Å². The molecule has 1 aromatic carbocycles. The van der Waals surface area contributed by atoms with Crippen LogP contribution in [0.5, 0.6) is 0 Å². The summed E-state index contributed by atoms with van der Waals surface area (Å²) in [5.74, 6) is -2.63. The van der Waals surface area contributed by atoms with E-state index in [1.165, 1.54) is 12.1 Å². The van der Waals surface area contributed by atoms with E-state index in [1.807, 2.05) is 0 Å². The van der Waals surface area contributed by atoms with Crippen molar-refractivity contribution in [2.45, 2.75) is 30.1 Å². The lowest BCUT2D eigenvalue weighted by molar-refractivity contribution is -0.139. The third-order valence-electron chi connectivity index (χ3n) is 2.78. The van der Waals surface area contributed by atoms with Crippen LogP contribution in [-0.4, -0.2) is 35.1 Å². The Morgan fingerprint density at radius 2 is 1.60 bits per heavy atom. The van der Waals surface area contributed by atoms with Crippen LogP contribution in [0.25, 0.3) is 0 Å². The highest BCUT2D eigenvalue weighted by Gasteiger charge is 2.18. The molecule has 0 aromatic heterocycles. The second-order valence-corrected chi connectivity index (χ2v) is 5.69. The minimum absolute atomic E-state index is 0.132. The van der Waals surface area contributed by atoms with E-state index in [-0.39, 0.29) is 24.2 Å². The second kappa shape index (κ2) is 6.49. The molecule has 0 saturated carbocycles. The van der Waals surface area contributed by atoms with E-state index >= 15 is 0 Å². The van der Waals surface area contributed by atoms with Gasteiger partial charge in [0.1, 0.15) is 0 Å². The minimum atomic E-state index is -4.30. The maximum absolute atomic E-state index is 10.9. The van der Waals surface area contributed by atoms with Crippen LogP contribution in [0.1, 0.15) is 30.7 Å². The molecule has 1 unspecified atom stereocenters. The van der Waals surface area contributed by atoms with Gasteiger partial charge in [-0.25, -0.2) is 0 Å². The van der Waals surface area contributed by atoms with Crippen molar-refractivity contribution >= 4 is 22.1 Å². The zero-order chi connectivity index (χ0) is 15.3. The van der Waals surface area contributed by atoms with Gasteiger partial charge in [0.25, 0.3) is 10.1 Å². The van der Waals surface area contributed by atoms with Crippen LogP contribution < -0.4 is 0 Å². The van der Waals surface area contributed by atoms with Gasteiger partial charge < -0.3 is 10.2 Å². The van der Waals surface area contributed by atoms with Crippen LogP contribution in [0.15, 0.2) is 29.2 Å². The van der Waals surface area contributed by atoms with E-state index < -0.39 is 28.0 Å². The van der Waals surface area contributed by atoms with Gasteiger partial charge in [-0.05, 0) is 30.0 Å². The SMILES string of the molecule is O=C(O)CCC(CC(=O)O)c1ccc(S(=O)(=O)O)cc1. The van der Waals surface area contributed by atoms with Gasteiger partial charge in [-0.15, -0.1) is 0 Å². The molecule has 0 heterocycles. The Balaban J connectivity index is 2.95. The zero-order valence-corrected chi connectivity index (χ0v) is 11.2. The van der Waals surface area contributed by atoms with Gasteiger partial charge in [0, 0.05) is 6.42 Å². The predicted octanol–water partition coefficient (Wildman–Crippen LogP) is 1.36. The molecule has 0 aliphatic carbocycles. The summed E-state index contributed by atoms with van der Waals surface area (Å²) in [5, 5.41) is 17.4. The molecule has 1 rings (SSSR count). The fraction of sp³-hybridized carbons (Fsp3) is 0.333. The molecule has 8 heteroatoms. The molecule has 0 saturated heterocycles.